The Morgan fingerprint density at radius 2 is 1.78 bits per heavy atom. The van der Waals surface area contributed by atoms with Crippen molar-refractivity contribution < 1.29 is 9.47 Å². The van der Waals surface area contributed by atoms with Crippen molar-refractivity contribution >= 4 is 17.3 Å². The number of rotatable bonds is 4. The second kappa shape index (κ2) is 5.65. The second-order valence-corrected chi connectivity index (χ2v) is 4.15. The Morgan fingerprint density at radius 3 is 2.44 bits per heavy atom. The van der Waals surface area contributed by atoms with Gasteiger partial charge in [-0.2, -0.15) is 0 Å². The van der Waals surface area contributed by atoms with E-state index >= 15 is 0 Å². The maximum Gasteiger partial charge on any atom is 0.161 e. The van der Waals surface area contributed by atoms with Gasteiger partial charge in [0.05, 0.1) is 7.11 Å². The van der Waals surface area contributed by atoms with E-state index in [1.54, 1.807) is 19.2 Å². The van der Waals surface area contributed by atoms with Gasteiger partial charge in [-0.3, -0.25) is 0 Å². The molecule has 0 unspecified atom stereocenters. The average Bonchev–Trinajstić information content (AvgIpc) is 2.38. The van der Waals surface area contributed by atoms with Crippen LogP contribution in [-0.4, -0.2) is 7.11 Å². The van der Waals surface area contributed by atoms with E-state index in [1.807, 2.05) is 30.3 Å². The van der Waals surface area contributed by atoms with Crippen LogP contribution >= 0.6 is 11.6 Å². The van der Waals surface area contributed by atoms with Gasteiger partial charge in [-0.05, 0) is 24.3 Å². The highest BCUT2D eigenvalue weighted by Gasteiger charge is 2.07. The number of benzene rings is 2. The number of anilines is 1. The Labute approximate surface area is 111 Å². The molecule has 0 fully saturated rings. The van der Waals surface area contributed by atoms with Crippen molar-refractivity contribution in [1.29, 1.82) is 0 Å². The van der Waals surface area contributed by atoms with Gasteiger partial charge in [0.15, 0.2) is 11.5 Å². The lowest BCUT2D eigenvalue weighted by molar-refractivity contribution is 0.285. The number of nitrogen functional groups attached to an aromatic ring is 1. The van der Waals surface area contributed by atoms with E-state index in [9.17, 15) is 0 Å². The standard InChI is InChI=1S/C14H14ClNO2/c1-17-13-7-2-3-8-14(13)18-9-10-11(15)5-4-6-12(10)16/h2-8H,9,16H2,1H3. The molecule has 2 aromatic rings. The highest BCUT2D eigenvalue weighted by Crippen LogP contribution is 2.29. The largest absolute Gasteiger partial charge is 0.493 e. The Morgan fingerprint density at radius 1 is 1.06 bits per heavy atom. The SMILES string of the molecule is COc1ccccc1OCc1c(N)cccc1Cl. The van der Waals surface area contributed by atoms with Crippen LogP contribution in [0.15, 0.2) is 42.5 Å². The lowest BCUT2D eigenvalue weighted by Crippen LogP contribution is -2.02. The second-order valence-electron chi connectivity index (χ2n) is 3.75. The fourth-order valence-electron chi connectivity index (χ4n) is 1.62. The predicted molar refractivity (Wildman–Crippen MR) is 73.2 cm³/mol. The van der Waals surface area contributed by atoms with E-state index in [0.29, 0.717) is 28.8 Å². The van der Waals surface area contributed by atoms with E-state index in [2.05, 4.69) is 0 Å². The molecule has 3 nitrogen and oxygen atoms in total. The number of ether oxygens (including phenoxy) is 2. The normalized spacial score (nSPS) is 10.1. The zero-order valence-corrected chi connectivity index (χ0v) is 10.8. The summed E-state index contributed by atoms with van der Waals surface area (Å²) in [7, 11) is 1.60. The van der Waals surface area contributed by atoms with Gasteiger partial charge in [0.25, 0.3) is 0 Å². The third kappa shape index (κ3) is 2.68. The summed E-state index contributed by atoms with van der Waals surface area (Å²) in [5.74, 6) is 1.35. The van der Waals surface area contributed by atoms with Crippen LogP contribution in [0.25, 0.3) is 0 Å². The van der Waals surface area contributed by atoms with Gasteiger partial charge in [-0.25, -0.2) is 0 Å². The summed E-state index contributed by atoms with van der Waals surface area (Å²) in [5, 5.41) is 0.602. The Balaban J connectivity index is 2.16. The van der Waals surface area contributed by atoms with Gasteiger partial charge in [-0.1, -0.05) is 29.8 Å². The van der Waals surface area contributed by atoms with Gasteiger partial charge in [0, 0.05) is 16.3 Å². The molecule has 0 heterocycles. The van der Waals surface area contributed by atoms with Crippen LogP contribution < -0.4 is 15.2 Å². The van der Waals surface area contributed by atoms with Gasteiger partial charge in [0.1, 0.15) is 6.61 Å². The highest BCUT2D eigenvalue weighted by atomic mass is 35.5. The maximum atomic E-state index is 6.08. The number of para-hydroxylation sites is 2. The molecule has 0 atom stereocenters. The van der Waals surface area contributed by atoms with Crippen LogP contribution in [0, 0.1) is 0 Å². The van der Waals surface area contributed by atoms with Crippen molar-refractivity contribution in [2.24, 2.45) is 0 Å². The van der Waals surface area contributed by atoms with E-state index in [1.165, 1.54) is 0 Å². The zero-order chi connectivity index (χ0) is 13.0. The van der Waals surface area contributed by atoms with Crippen LogP contribution in [0.3, 0.4) is 0 Å². The minimum absolute atomic E-state index is 0.311. The van der Waals surface area contributed by atoms with Crippen LogP contribution in [0.5, 0.6) is 11.5 Å². The van der Waals surface area contributed by atoms with Gasteiger partial charge in [0.2, 0.25) is 0 Å². The van der Waals surface area contributed by atoms with Crippen molar-refractivity contribution in [1.82, 2.24) is 0 Å². The number of hydrogen-bond acceptors (Lipinski definition) is 3. The van der Waals surface area contributed by atoms with Gasteiger partial charge >= 0.3 is 0 Å². The highest BCUT2D eigenvalue weighted by molar-refractivity contribution is 6.31. The summed E-state index contributed by atoms with van der Waals surface area (Å²) < 4.78 is 10.9. The summed E-state index contributed by atoms with van der Waals surface area (Å²) in [6.45, 7) is 0.311. The minimum atomic E-state index is 0.311. The monoisotopic (exact) mass is 263 g/mol. The van der Waals surface area contributed by atoms with Crippen LogP contribution in [0.2, 0.25) is 5.02 Å². The number of nitrogens with two attached hydrogens (primary N) is 1. The van der Waals surface area contributed by atoms with Crippen LogP contribution in [0.1, 0.15) is 5.56 Å². The Kier molecular flexibility index (Phi) is 3.95. The molecule has 0 amide bonds. The molecule has 0 saturated heterocycles. The van der Waals surface area contributed by atoms with E-state index < -0.39 is 0 Å². The Bertz CT molecular complexity index is 523. The van der Waals surface area contributed by atoms with Crippen LogP contribution in [0.4, 0.5) is 5.69 Å². The molecule has 0 radical (unpaired) electrons. The fourth-order valence-corrected chi connectivity index (χ4v) is 1.85. The first-order valence-electron chi connectivity index (χ1n) is 5.51. The summed E-state index contributed by atoms with van der Waals surface area (Å²) in [4.78, 5) is 0. The number of methoxy groups -OCH3 is 1. The van der Waals surface area contributed by atoms with E-state index in [0.717, 1.165) is 5.56 Å². The third-order valence-corrected chi connectivity index (χ3v) is 2.95. The molecule has 0 spiro atoms. The molecular weight excluding hydrogens is 250 g/mol. The Hall–Kier alpha value is -1.87. The molecule has 0 aliphatic heterocycles. The van der Waals surface area contributed by atoms with Crippen molar-refractivity contribution in [3.63, 3.8) is 0 Å². The fraction of sp³-hybridized carbons (Fsp3) is 0.143. The summed E-state index contributed by atoms with van der Waals surface area (Å²) in [6.07, 6.45) is 0. The first kappa shape index (κ1) is 12.6. The molecule has 4 heteroatoms. The van der Waals surface area contributed by atoms with E-state index in [4.69, 9.17) is 26.8 Å². The van der Waals surface area contributed by atoms with Gasteiger partial charge < -0.3 is 15.2 Å². The summed E-state index contributed by atoms with van der Waals surface area (Å²) in [5.41, 5.74) is 7.27. The van der Waals surface area contributed by atoms with Crippen molar-refractivity contribution in [2.75, 3.05) is 12.8 Å². The first-order valence-corrected chi connectivity index (χ1v) is 5.89. The summed E-state index contributed by atoms with van der Waals surface area (Å²) >= 11 is 6.08. The number of hydrogen-bond donors (Lipinski definition) is 1. The van der Waals surface area contributed by atoms with Crippen molar-refractivity contribution in [2.45, 2.75) is 6.61 Å². The molecule has 0 aliphatic carbocycles. The lowest BCUT2D eigenvalue weighted by Gasteiger charge is -2.12. The number of halogens is 1. The topological polar surface area (TPSA) is 44.5 Å². The van der Waals surface area contributed by atoms with Gasteiger partial charge in [-0.15, -0.1) is 0 Å². The molecule has 0 aromatic heterocycles. The molecule has 94 valence electrons. The smallest absolute Gasteiger partial charge is 0.161 e. The molecule has 0 saturated carbocycles. The molecule has 2 aromatic carbocycles. The minimum Gasteiger partial charge on any atom is -0.493 e. The molecule has 2 rings (SSSR count). The molecule has 2 N–H and O–H groups in total. The summed E-state index contributed by atoms with van der Waals surface area (Å²) in [6, 6.07) is 12.8. The van der Waals surface area contributed by atoms with Crippen LogP contribution in [-0.2, 0) is 6.61 Å². The molecule has 0 aliphatic rings. The van der Waals surface area contributed by atoms with E-state index in [-0.39, 0.29) is 0 Å². The molecule has 0 bridgehead atoms. The predicted octanol–water partition coefficient (Wildman–Crippen LogP) is 3.51. The van der Waals surface area contributed by atoms with Crippen molar-refractivity contribution in [3.05, 3.63) is 53.1 Å². The average molecular weight is 264 g/mol. The maximum absolute atomic E-state index is 6.08. The quantitative estimate of drug-likeness (QED) is 0.859. The molecule has 18 heavy (non-hydrogen) atoms. The first-order chi connectivity index (χ1) is 8.72. The van der Waals surface area contributed by atoms with Crippen molar-refractivity contribution in [3.8, 4) is 11.5 Å². The molecular formula is C14H14ClNO2. The lowest BCUT2D eigenvalue weighted by atomic mass is 10.2. The third-order valence-electron chi connectivity index (χ3n) is 2.60. The zero-order valence-electron chi connectivity index (χ0n) is 10.0.